The van der Waals surface area contributed by atoms with Crippen molar-refractivity contribution in [3.05, 3.63) is 71.3 Å². The molecule has 2 aromatic rings. The van der Waals surface area contributed by atoms with E-state index in [1.54, 1.807) is 0 Å². The molecule has 1 unspecified atom stereocenters. The van der Waals surface area contributed by atoms with Gasteiger partial charge >= 0.3 is 5.97 Å². The minimum absolute atomic E-state index is 0.154. The Balaban J connectivity index is 1.97. The van der Waals surface area contributed by atoms with Crippen LogP contribution in [0.15, 0.2) is 54.6 Å². The van der Waals surface area contributed by atoms with Crippen LogP contribution in [0.2, 0.25) is 0 Å². The summed E-state index contributed by atoms with van der Waals surface area (Å²) >= 11 is 0. The van der Waals surface area contributed by atoms with Crippen molar-refractivity contribution in [1.82, 2.24) is 0 Å². The first-order valence-electron chi connectivity index (χ1n) is 5.68. The number of rotatable bonds is 1. The summed E-state index contributed by atoms with van der Waals surface area (Å²) in [6.07, 6.45) is 0.602. The average Bonchev–Trinajstić information content (AvgIpc) is 2.40. The van der Waals surface area contributed by atoms with Crippen LogP contribution < -0.4 is 0 Å². The standard InChI is InChI=1S/C15H12O2/c16-15-13-9-5-4-8-12(13)10-14(17-15)11-6-2-1-3-7-11/h1-9,14H,10H2. The van der Waals surface area contributed by atoms with E-state index in [9.17, 15) is 4.79 Å². The second-order valence-electron chi connectivity index (χ2n) is 4.17. The van der Waals surface area contributed by atoms with E-state index >= 15 is 0 Å². The smallest absolute Gasteiger partial charge is 0.339 e. The fourth-order valence-corrected chi connectivity index (χ4v) is 2.19. The van der Waals surface area contributed by atoms with Gasteiger partial charge in [-0.25, -0.2) is 4.79 Å². The molecule has 0 bridgehead atoms. The predicted octanol–water partition coefficient (Wildman–Crippen LogP) is 3.14. The summed E-state index contributed by atoms with van der Waals surface area (Å²) in [5, 5.41) is 0. The molecule has 0 N–H and O–H groups in total. The van der Waals surface area contributed by atoms with E-state index in [1.807, 2.05) is 54.6 Å². The monoisotopic (exact) mass is 224 g/mol. The molecule has 2 heteroatoms. The van der Waals surface area contributed by atoms with Gasteiger partial charge < -0.3 is 4.74 Å². The van der Waals surface area contributed by atoms with Crippen LogP contribution in [-0.2, 0) is 11.2 Å². The molecule has 1 heterocycles. The quantitative estimate of drug-likeness (QED) is 0.695. The Morgan fingerprint density at radius 2 is 1.65 bits per heavy atom. The molecule has 0 aliphatic carbocycles. The molecule has 0 spiro atoms. The Labute approximate surface area is 99.9 Å². The third-order valence-electron chi connectivity index (χ3n) is 3.06. The Morgan fingerprint density at radius 3 is 2.47 bits per heavy atom. The molecule has 2 aromatic carbocycles. The summed E-state index contributed by atoms with van der Waals surface area (Å²) in [4.78, 5) is 11.8. The van der Waals surface area contributed by atoms with Gasteiger partial charge in [0.15, 0.2) is 0 Å². The minimum atomic E-state index is -0.222. The lowest BCUT2D eigenvalue weighted by Crippen LogP contribution is -2.21. The Bertz CT molecular complexity index is 546. The minimum Gasteiger partial charge on any atom is -0.454 e. The number of carbonyl (C=O) groups excluding carboxylic acids is 1. The van der Waals surface area contributed by atoms with Gasteiger partial charge in [-0.2, -0.15) is 0 Å². The van der Waals surface area contributed by atoms with Crippen molar-refractivity contribution in [3.8, 4) is 0 Å². The van der Waals surface area contributed by atoms with Gasteiger partial charge in [0.05, 0.1) is 5.56 Å². The number of esters is 1. The summed E-state index contributed by atoms with van der Waals surface area (Å²) < 4.78 is 5.46. The second kappa shape index (κ2) is 4.06. The van der Waals surface area contributed by atoms with Gasteiger partial charge in [0.1, 0.15) is 6.10 Å². The summed E-state index contributed by atoms with van der Waals surface area (Å²) in [5.41, 5.74) is 2.81. The summed E-state index contributed by atoms with van der Waals surface area (Å²) in [6.45, 7) is 0. The molecule has 0 radical (unpaired) electrons. The van der Waals surface area contributed by atoms with Crippen molar-refractivity contribution < 1.29 is 9.53 Å². The van der Waals surface area contributed by atoms with Gasteiger partial charge in [0, 0.05) is 6.42 Å². The van der Waals surface area contributed by atoms with Gasteiger partial charge in [0.2, 0.25) is 0 Å². The molecular weight excluding hydrogens is 212 g/mol. The molecule has 3 rings (SSSR count). The van der Waals surface area contributed by atoms with E-state index in [1.165, 1.54) is 0 Å². The van der Waals surface area contributed by atoms with E-state index < -0.39 is 0 Å². The van der Waals surface area contributed by atoms with Crippen LogP contribution in [-0.4, -0.2) is 5.97 Å². The van der Waals surface area contributed by atoms with E-state index in [4.69, 9.17) is 4.74 Å². The number of benzene rings is 2. The van der Waals surface area contributed by atoms with Crippen LogP contribution in [0.5, 0.6) is 0 Å². The molecule has 2 nitrogen and oxygen atoms in total. The van der Waals surface area contributed by atoms with Crippen molar-refractivity contribution in [1.29, 1.82) is 0 Å². The van der Waals surface area contributed by atoms with Crippen molar-refractivity contribution in [2.45, 2.75) is 12.5 Å². The Hall–Kier alpha value is -2.09. The van der Waals surface area contributed by atoms with E-state index in [0.717, 1.165) is 17.5 Å². The molecule has 0 aromatic heterocycles. The number of carbonyl (C=O) groups is 1. The molecule has 1 aliphatic heterocycles. The van der Waals surface area contributed by atoms with Gasteiger partial charge in [-0.3, -0.25) is 0 Å². The third kappa shape index (κ3) is 1.82. The zero-order valence-electron chi connectivity index (χ0n) is 9.30. The first-order chi connectivity index (χ1) is 8.34. The van der Waals surface area contributed by atoms with Crippen LogP contribution in [0.1, 0.15) is 27.6 Å². The summed E-state index contributed by atoms with van der Waals surface area (Å²) in [6, 6.07) is 17.5. The number of hydrogen-bond acceptors (Lipinski definition) is 2. The van der Waals surface area contributed by atoms with Gasteiger partial charge in [0.25, 0.3) is 0 Å². The number of hydrogen-bond donors (Lipinski definition) is 0. The van der Waals surface area contributed by atoms with Crippen LogP contribution in [0.25, 0.3) is 0 Å². The molecule has 84 valence electrons. The van der Waals surface area contributed by atoms with E-state index in [0.29, 0.717) is 5.56 Å². The van der Waals surface area contributed by atoms with E-state index in [-0.39, 0.29) is 12.1 Å². The van der Waals surface area contributed by atoms with Crippen LogP contribution in [0.4, 0.5) is 0 Å². The maximum atomic E-state index is 11.8. The predicted molar refractivity (Wildman–Crippen MR) is 64.7 cm³/mol. The number of fused-ring (bicyclic) bond motifs is 1. The fraction of sp³-hybridized carbons (Fsp3) is 0.133. The molecule has 1 atom stereocenters. The highest BCUT2D eigenvalue weighted by atomic mass is 16.5. The molecule has 0 saturated heterocycles. The lowest BCUT2D eigenvalue weighted by molar-refractivity contribution is 0.0253. The lowest BCUT2D eigenvalue weighted by Gasteiger charge is -2.24. The largest absolute Gasteiger partial charge is 0.454 e. The first-order valence-corrected chi connectivity index (χ1v) is 5.68. The van der Waals surface area contributed by atoms with Crippen molar-refractivity contribution in [3.63, 3.8) is 0 Å². The van der Waals surface area contributed by atoms with Crippen LogP contribution in [0.3, 0.4) is 0 Å². The van der Waals surface area contributed by atoms with E-state index in [2.05, 4.69) is 0 Å². The zero-order valence-corrected chi connectivity index (χ0v) is 9.30. The fourth-order valence-electron chi connectivity index (χ4n) is 2.19. The SMILES string of the molecule is O=C1OC(c2ccccc2)Cc2ccccc21. The molecule has 17 heavy (non-hydrogen) atoms. The lowest BCUT2D eigenvalue weighted by atomic mass is 9.95. The van der Waals surface area contributed by atoms with Gasteiger partial charge in [-0.1, -0.05) is 48.5 Å². The van der Waals surface area contributed by atoms with Crippen molar-refractivity contribution in [2.24, 2.45) is 0 Å². The Kier molecular flexibility index (Phi) is 2.41. The highest BCUT2D eigenvalue weighted by Gasteiger charge is 2.26. The summed E-state index contributed by atoms with van der Waals surface area (Å²) in [5.74, 6) is -0.222. The number of cyclic esters (lactones) is 1. The van der Waals surface area contributed by atoms with Crippen LogP contribution >= 0.6 is 0 Å². The highest BCUT2D eigenvalue weighted by molar-refractivity contribution is 5.92. The van der Waals surface area contributed by atoms with Crippen molar-refractivity contribution in [2.75, 3.05) is 0 Å². The Morgan fingerprint density at radius 1 is 0.941 bits per heavy atom. The zero-order chi connectivity index (χ0) is 11.7. The average molecular weight is 224 g/mol. The molecule has 0 amide bonds. The highest BCUT2D eigenvalue weighted by Crippen LogP contribution is 2.29. The second-order valence-corrected chi connectivity index (χ2v) is 4.17. The van der Waals surface area contributed by atoms with Crippen molar-refractivity contribution >= 4 is 5.97 Å². The molecule has 1 aliphatic rings. The molecule has 0 fully saturated rings. The topological polar surface area (TPSA) is 26.3 Å². The maximum Gasteiger partial charge on any atom is 0.339 e. The van der Waals surface area contributed by atoms with Gasteiger partial charge in [-0.15, -0.1) is 0 Å². The van der Waals surface area contributed by atoms with Gasteiger partial charge in [-0.05, 0) is 17.2 Å². The first kappa shape index (κ1) is 10.1. The summed E-state index contributed by atoms with van der Waals surface area (Å²) in [7, 11) is 0. The third-order valence-corrected chi connectivity index (χ3v) is 3.06. The normalized spacial score (nSPS) is 18.4. The van der Waals surface area contributed by atoms with Crippen LogP contribution in [0, 0.1) is 0 Å². The molecular formula is C15H12O2. The molecule has 0 saturated carbocycles. The number of ether oxygens (including phenoxy) is 1. The maximum absolute atomic E-state index is 11.8.